The summed E-state index contributed by atoms with van der Waals surface area (Å²) in [6.07, 6.45) is -3.04. The molecule has 1 N–H and O–H groups in total. The first kappa shape index (κ1) is 23.5. The molecule has 32 heavy (non-hydrogen) atoms. The number of aryl methyl sites for hydroxylation is 1. The number of halogens is 3. The molecule has 0 aliphatic heterocycles. The van der Waals surface area contributed by atoms with E-state index in [0.717, 1.165) is 5.56 Å². The van der Waals surface area contributed by atoms with Gasteiger partial charge in [-0.15, -0.1) is 10.2 Å². The molecule has 172 valence electrons. The number of rotatable bonds is 10. The third-order valence-electron chi connectivity index (χ3n) is 4.43. The Morgan fingerprint density at radius 1 is 1.28 bits per heavy atom. The van der Waals surface area contributed by atoms with Crippen molar-refractivity contribution in [1.29, 1.82) is 0 Å². The number of aromatic nitrogens is 4. The van der Waals surface area contributed by atoms with Gasteiger partial charge in [-0.25, -0.2) is 4.98 Å². The second kappa shape index (κ2) is 10.4. The molecule has 0 atom stereocenters. The van der Waals surface area contributed by atoms with Crippen LogP contribution in [0.15, 0.2) is 35.2 Å². The van der Waals surface area contributed by atoms with E-state index in [-0.39, 0.29) is 11.8 Å². The monoisotopic (exact) mass is 468 g/mol. The van der Waals surface area contributed by atoms with Crippen molar-refractivity contribution in [3.8, 4) is 5.88 Å². The molecule has 0 saturated carbocycles. The zero-order valence-electron chi connectivity index (χ0n) is 17.6. The molecular weight excluding hydrogens is 445 g/mol. The Kier molecular flexibility index (Phi) is 7.67. The number of nitrogens with zero attached hydrogens (tertiary/aromatic N) is 5. The summed E-state index contributed by atoms with van der Waals surface area (Å²) in [4.78, 5) is 17.1. The zero-order valence-corrected chi connectivity index (χ0v) is 18.4. The highest BCUT2D eigenvalue weighted by molar-refractivity contribution is 7.07. The third kappa shape index (κ3) is 6.94. The van der Waals surface area contributed by atoms with Crippen LogP contribution in [0.1, 0.15) is 23.9 Å². The van der Waals surface area contributed by atoms with Crippen LogP contribution in [0.5, 0.6) is 5.88 Å². The Balaban J connectivity index is 1.80. The molecule has 8 nitrogen and oxygen atoms in total. The quantitative estimate of drug-likeness (QED) is 0.492. The van der Waals surface area contributed by atoms with Crippen molar-refractivity contribution in [3.63, 3.8) is 0 Å². The summed E-state index contributed by atoms with van der Waals surface area (Å²) in [5.41, 5.74) is 1.79. The number of pyridine rings is 1. The van der Waals surface area contributed by atoms with Crippen LogP contribution in [0.3, 0.4) is 0 Å². The Morgan fingerprint density at radius 2 is 2.09 bits per heavy atom. The fraction of sp³-hybridized carbons (Fsp3) is 0.400. The van der Waals surface area contributed by atoms with Crippen molar-refractivity contribution in [2.75, 3.05) is 24.6 Å². The molecule has 3 aromatic rings. The maximum Gasteiger partial charge on any atom is 0.422 e. The van der Waals surface area contributed by atoms with E-state index in [2.05, 4.69) is 20.5 Å². The van der Waals surface area contributed by atoms with Gasteiger partial charge in [-0.05, 0) is 40.9 Å². The highest BCUT2D eigenvalue weighted by Gasteiger charge is 2.28. The molecule has 0 unspecified atom stereocenters. The molecule has 3 heterocycles. The van der Waals surface area contributed by atoms with Crippen molar-refractivity contribution in [3.05, 3.63) is 52.1 Å². The Bertz CT molecular complexity index is 1020. The molecule has 0 aliphatic carbocycles. The van der Waals surface area contributed by atoms with Crippen molar-refractivity contribution in [2.45, 2.75) is 33.1 Å². The fourth-order valence-corrected chi connectivity index (χ4v) is 3.63. The number of hydrogen-bond donors (Lipinski definition) is 1. The lowest BCUT2D eigenvalue weighted by atomic mass is 10.2. The van der Waals surface area contributed by atoms with Gasteiger partial charge in [0.2, 0.25) is 17.7 Å². The van der Waals surface area contributed by atoms with E-state index in [1.54, 1.807) is 24.3 Å². The van der Waals surface area contributed by atoms with E-state index >= 15 is 0 Å². The minimum atomic E-state index is -4.44. The zero-order chi connectivity index (χ0) is 23.1. The largest absolute Gasteiger partial charge is 0.468 e. The van der Waals surface area contributed by atoms with Gasteiger partial charge in [-0.2, -0.15) is 24.5 Å². The van der Waals surface area contributed by atoms with E-state index < -0.39 is 12.8 Å². The molecule has 0 aromatic carbocycles. The molecule has 3 aromatic heterocycles. The molecule has 0 bridgehead atoms. The van der Waals surface area contributed by atoms with E-state index in [4.69, 9.17) is 4.74 Å². The van der Waals surface area contributed by atoms with Crippen LogP contribution in [-0.4, -0.2) is 51.5 Å². The molecule has 1 amide bonds. The normalized spacial score (nSPS) is 11.4. The summed E-state index contributed by atoms with van der Waals surface area (Å²) in [5.74, 6) is 1.01. The van der Waals surface area contributed by atoms with Gasteiger partial charge in [0.15, 0.2) is 6.61 Å². The highest BCUT2D eigenvalue weighted by Crippen LogP contribution is 2.21. The topological polar surface area (TPSA) is 85.2 Å². The summed E-state index contributed by atoms with van der Waals surface area (Å²) in [6, 6.07) is 5.18. The summed E-state index contributed by atoms with van der Waals surface area (Å²) >= 11 is 1.59. The lowest BCUT2D eigenvalue weighted by molar-refractivity contribution is -0.154. The van der Waals surface area contributed by atoms with Gasteiger partial charge in [-0.1, -0.05) is 0 Å². The number of ether oxygens (including phenoxy) is 1. The van der Waals surface area contributed by atoms with Gasteiger partial charge in [0.05, 0.1) is 6.54 Å². The Morgan fingerprint density at radius 3 is 2.78 bits per heavy atom. The lowest BCUT2D eigenvalue weighted by Gasteiger charge is -2.24. The van der Waals surface area contributed by atoms with E-state index in [1.165, 1.54) is 19.2 Å². The summed E-state index contributed by atoms with van der Waals surface area (Å²) < 4.78 is 44.0. The number of anilines is 1. The van der Waals surface area contributed by atoms with E-state index in [0.29, 0.717) is 43.5 Å². The van der Waals surface area contributed by atoms with Gasteiger partial charge in [0.1, 0.15) is 5.82 Å². The number of alkyl halides is 3. The summed E-state index contributed by atoms with van der Waals surface area (Å²) in [7, 11) is 0. The maximum absolute atomic E-state index is 12.4. The van der Waals surface area contributed by atoms with Crippen LogP contribution in [0.4, 0.5) is 19.1 Å². The van der Waals surface area contributed by atoms with Crippen molar-refractivity contribution >= 4 is 23.2 Å². The second-order valence-corrected chi connectivity index (χ2v) is 7.86. The van der Waals surface area contributed by atoms with Crippen LogP contribution in [0.25, 0.3) is 0 Å². The van der Waals surface area contributed by atoms with Crippen LogP contribution in [-0.2, 0) is 17.9 Å². The van der Waals surface area contributed by atoms with Gasteiger partial charge >= 0.3 is 6.18 Å². The lowest BCUT2D eigenvalue weighted by Crippen LogP contribution is -2.35. The van der Waals surface area contributed by atoms with Crippen LogP contribution < -0.4 is 15.0 Å². The Hall–Kier alpha value is -3.15. The first-order valence-electron chi connectivity index (χ1n) is 9.76. The van der Waals surface area contributed by atoms with Gasteiger partial charge in [-0.3, -0.25) is 9.36 Å². The first-order chi connectivity index (χ1) is 15.2. The molecule has 0 fully saturated rings. The van der Waals surface area contributed by atoms with Crippen molar-refractivity contribution < 1.29 is 22.7 Å². The van der Waals surface area contributed by atoms with Gasteiger partial charge in [0.25, 0.3) is 0 Å². The number of thiophene rings is 1. The number of carbonyl (C=O) groups excluding carboxylic acids is 1. The molecule has 3 rings (SSSR count). The number of carbonyl (C=O) groups is 1. The van der Waals surface area contributed by atoms with Crippen LogP contribution in [0.2, 0.25) is 0 Å². The third-order valence-corrected chi connectivity index (χ3v) is 5.16. The summed E-state index contributed by atoms with van der Waals surface area (Å²) in [5, 5.41) is 15.3. The number of amides is 1. The standard InChI is InChI=1S/C20H23F3N6O2S/c1-14-26-27-19(28(7-6-24-15(2)30)10-17-4-8-32-12-17)29(14)11-16-3-5-25-18(9-16)31-13-20(21,22)23/h3-5,8-9,12H,6-7,10-11,13H2,1-2H3,(H,24,30). The van der Waals surface area contributed by atoms with E-state index in [9.17, 15) is 18.0 Å². The fourth-order valence-electron chi connectivity index (χ4n) is 2.97. The molecule has 0 saturated heterocycles. The van der Waals surface area contributed by atoms with E-state index in [1.807, 2.05) is 26.3 Å². The predicted molar refractivity (Wildman–Crippen MR) is 114 cm³/mol. The smallest absolute Gasteiger partial charge is 0.422 e. The average Bonchev–Trinajstić information content (AvgIpc) is 3.36. The molecule has 0 aliphatic rings. The summed E-state index contributed by atoms with van der Waals surface area (Å²) in [6.45, 7) is 3.67. The van der Waals surface area contributed by atoms with Crippen LogP contribution >= 0.6 is 11.3 Å². The second-order valence-electron chi connectivity index (χ2n) is 7.08. The average molecular weight is 469 g/mol. The molecule has 0 spiro atoms. The van der Waals surface area contributed by atoms with Gasteiger partial charge < -0.3 is 15.0 Å². The SMILES string of the molecule is CC(=O)NCCN(Cc1ccsc1)c1nnc(C)n1Cc1ccnc(OCC(F)(F)F)c1. The van der Waals surface area contributed by atoms with Gasteiger partial charge in [0, 0.05) is 38.8 Å². The maximum atomic E-state index is 12.4. The molecule has 0 radical (unpaired) electrons. The van der Waals surface area contributed by atoms with Crippen LogP contribution in [0, 0.1) is 6.92 Å². The van der Waals surface area contributed by atoms with Crippen molar-refractivity contribution in [2.24, 2.45) is 0 Å². The molecule has 12 heteroatoms. The predicted octanol–water partition coefficient (Wildman–Crippen LogP) is 3.18. The minimum Gasteiger partial charge on any atom is -0.468 e. The highest BCUT2D eigenvalue weighted by atomic mass is 32.1. The minimum absolute atomic E-state index is 0.104. The number of nitrogens with one attached hydrogen (secondary N) is 1. The van der Waals surface area contributed by atoms with Crippen molar-refractivity contribution in [1.82, 2.24) is 25.1 Å². The Labute approximate surface area is 187 Å². The molecular formula is C20H23F3N6O2S. The first-order valence-corrected chi connectivity index (χ1v) is 10.7. The number of hydrogen-bond acceptors (Lipinski definition) is 7.